The third-order valence-corrected chi connectivity index (χ3v) is 19.4. The van der Waals surface area contributed by atoms with Gasteiger partial charge in [-0.3, -0.25) is 37.3 Å². The van der Waals surface area contributed by atoms with E-state index in [9.17, 15) is 43.2 Å². The number of esters is 4. The van der Waals surface area contributed by atoms with E-state index in [1.807, 2.05) is 0 Å². The molecule has 0 fully saturated rings. The van der Waals surface area contributed by atoms with Crippen molar-refractivity contribution in [2.45, 2.75) is 412 Å². The molecule has 0 aliphatic rings. The zero-order chi connectivity index (χ0) is 69.1. The van der Waals surface area contributed by atoms with E-state index >= 15 is 0 Å². The van der Waals surface area contributed by atoms with Crippen LogP contribution >= 0.6 is 15.6 Å². The summed E-state index contributed by atoms with van der Waals surface area (Å²) in [6.45, 7) is 7.31. The number of carbonyl (C=O) groups is 4. The van der Waals surface area contributed by atoms with Crippen molar-refractivity contribution in [2.75, 3.05) is 39.6 Å². The number of carbonyl (C=O) groups excluding carboxylic acids is 4. The van der Waals surface area contributed by atoms with Crippen LogP contribution < -0.4 is 0 Å². The van der Waals surface area contributed by atoms with E-state index in [1.54, 1.807) is 0 Å². The second-order valence-corrected chi connectivity index (χ2v) is 30.4. The first-order valence-electron chi connectivity index (χ1n) is 39.1. The summed E-state index contributed by atoms with van der Waals surface area (Å²) in [5.74, 6) is -1.32. The molecule has 2 unspecified atom stereocenters. The lowest BCUT2D eigenvalue weighted by Crippen LogP contribution is -2.30. The van der Waals surface area contributed by atoms with Gasteiger partial charge < -0.3 is 33.8 Å². The average molecular weight is 1380 g/mol. The van der Waals surface area contributed by atoms with E-state index in [2.05, 4.69) is 34.6 Å². The quantitative estimate of drug-likeness (QED) is 0.0222. The van der Waals surface area contributed by atoms with Gasteiger partial charge >= 0.3 is 39.5 Å². The van der Waals surface area contributed by atoms with Crippen LogP contribution in [0.15, 0.2) is 0 Å². The molecule has 19 heteroatoms. The molecule has 0 aromatic rings. The highest BCUT2D eigenvalue weighted by Gasteiger charge is 2.30. The van der Waals surface area contributed by atoms with Gasteiger partial charge in [-0.05, 0) is 31.6 Å². The Bertz CT molecular complexity index is 1810. The first-order chi connectivity index (χ1) is 45.5. The molecule has 0 saturated heterocycles. The minimum atomic E-state index is -4.96. The van der Waals surface area contributed by atoms with Gasteiger partial charge in [0, 0.05) is 25.7 Å². The molecule has 558 valence electrons. The van der Waals surface area contributed by atoms with Crippen molar-refractivity contribution in [1.82, 2.24) is 0 Å². The van der Waals surface area contributed by atoms with Crippen LogP contribution in [0, 0.1) is 5.92 Å². The summed E-state index contributed by atoms with van der Waals surface area (Å²) in [7, 11) is -9.91. The maximum absolute atomic E-state index is 13.1. The predicted octanol–water partition coefficient (Wildman–Crippen LogP) is 22.1. The molecule has 0 bridgehead atoms. The zero-order valence-electron chi connectivity index (χ0n) is 61.1. The van der Waals surface area contributed by atoms with Gasteiger partial charge in [-0.15, -0.1) is 0 Å². The fourth-order valence-corrected chi connectivity index (χ4v) is 13.1. The Kier molecular flexibility index (Phi) is 66.8. The molecule has 0 spiro atoms. The third kappa shape index (κ3) is 68.6. The Labute approximate surface area is 575 Å². The molecule has 0 amide bonds. The number of rotatable bonds is 75. The Hall–Kier alpha value is -1.94. The van der Waals surface area contributed by atoms with Gasteiger partial charge in [0.05, 0.1) is 26.4 Å². The summed E-state index contributed by atoms with van der Waals surface area (Å²) in [6, 6.07) is 0. The first-order valence-corrected chi connectivity index (χ1v) is 42.1. The van der Waals surface area contributed by atoms with Crippen LogP contribution in [0.1, 0.15) is 394 Å². The number of aliphatic hydroxyl groups is 1. The molecule has 0 aromatic carbocycles. The van der Waals surface area contributed by atoms with Crippen LogP contribution in [-0.4, -0.2) is 96.7 Å². The van der Waals surface area contributed by atoms with Crippen molar-refractivity contribution in [1.29, 1.82) is 0 Å². The van der Waals surface area contributed by atoms with Crippen LogP contribution in [0.25, 0.3) is 0 Å². The highest BCUT2D eigenvalue weighted by atomic mass is 31.2. The molecular weight excluding hydrogens is 1230 g/mol. The van der Waals surface area contributed by atoms with Crippen molar-refractivity contribution in [2.24, 2.45) is 5.92 Å². The van der Waals surface area contributed by atoms with Crippen LogP contribution in [0.2, 0.25) is 0 Å². The Balaban J connectivity index is 5.24. The number of hydrogen-bond acceptors (Lipinski definition) is 15. The third-order valence-electron chi connectivity index (χ3n) is 17.5. The number of ether oxygens (including phenoxy) is 4. The SMILES string of the molecule is CCCCCCCCCCCCCCCCCC(=O)OC[C@H](COP(=O)(O)OC[C@@H](O)COP(=O)(O)OC[C@@H](COC(=O)CCCCCCCCCCCCC)OC(=O)CCCCCCCCCCCCC)OC(=O)CCCCCCCCCCCCCCCCC(C)C. The number of unbranched alkanes of at least 4 members (excludes halogenated alkanes) is 47. The number of aliphatic hydroxyl groups excluding tert-OH is 1. The first kappa shape index (κ1) is 92.1. The van der Waals surface area contributed by atoms with Crippen molar-refractivity contribution < 1.29 is 80.2 Å². The Morgan fingerprint density at radius 1 is 0.287 bits per heavy atom. The lowest BCUT2D eigenvalue weighted by Gasteiger charge is -2.21. The van der Waals surface area contributed by atoms with Crippen molar-refractivity contribution in [3.8, 4) is 0 Å². The largest absolute Gasteiger partial charge is 0.472 e. The number of phosphoric ester groups is 2. The molecule has 0 aliphatic heterocycles. The predicted molar refractivity (Wildman–Crippen MR) is 382 cm³/mol. The molecule has 0 rings (SSSR count). The maximum Gasteiger partial charge on any atom is 0.472 e. The van der Waals surface area contributed by atoms with Gasteiger partial charge in [-0.25, -0.2) is 9.13 Å². The molecule has 0 heterocycles. The zero-order valence-corrected chi connectivity index (χ0v) is 62.9. The molecule has 0 saturated carbocycles. The molecule has 17 nitrogen and oxygen atoms in total. The van der Waals surface area contributed by atoms with E-state index in [1.165, 1.54) is 218 Å². The van der Waals surface area contributed by atoms with Gasteiger partial charge in [0.2, 0.25) is 0 Å². The summed E-state index contributed by atoms with van der Waals surface area (Å²) in [4.78, 5) is 72.8. The fraction of sp³-hybridized carbons (Fsp3) is 0.947. The van der Waals surface area contributed by atoms with Gasteiger partial charge in [-0.2, -0.15) is 0 Å². The van der Waals surface area contributed by atoms with Gasteiger partial charge in [-0.1, -0.05) is 343 Å². The van der Waals surface area contributed by atoms with E-state index in [0.29, 0.717) is 25.7 Å². The summed E-state index contributed by atoms with van der Waals surface area (Å²) in [6.07, 6.45) is 56.7. The monoisotopic (exact) mass is 1380 g/mol. The molecule has 0 aromatic heterocycles. The van der Waals surface area contributed by atoms with E-state index < -0.39 is 97.5 Å². The van der Waals surface area contributed by atoms with Crippen LogP contribution in [0.4, 0.5) is 0 Å². The maximum atomic E-state index is 13.1. The summed E-state index contributed by atoms with van der Waals surface area (Å²) < 4.78 is 68.5. The van der Waals surface area contributed by atoms with E-state index in [4.69, 9.17) is 37.0 Å². The number of phosphoric acid groups is 2. The molecule has 0 radical (unpaired) electrons. The lowest BCUT2D eigenvalue weighted by atomic mass is 10.0. The second kappa shape index (κ2) is 68.2. The smallest absolute Gasteiger partial charge is 0.462 e. The molecule has 5 atom stereocenters. The van der Waals surface area contributed by atoms with Gasteiger partial charge in [0.15, 0.2) is 12.2 Å². The van der Waals surface area contributed by atoms with Crippen LogP contribution in [0.3, 0.4) is 0 Å². The lowest BCUT2D eigenvalue weighted by molar-refractivity contribution is -0.161. The summed E-state index contributed by atoms with van der Waals surface area (Å²) >= 11 is 0. The van der Waals surface area contributed by atoms with Gasteiger partial charge in [0.1, 0.15) is 19.3 Å². The summed E-state index contributed by atoms with van der Waals surface area (Å²) in [5.41, 5.74) is 0. The Morgan fingerprint density at radius 3 is 0.723 bits per heavy atom. The molecular formula is C75H146O17P2. The highest BCUT2D eigenvalue weighted by molar-refractivity contribution is 7.47. The second-order valence-electron chi connectivity index (χ2n) is 27.5. The van der Waals surface area contributed by atoms with Crippen molar-refractivity contribution in [3.63, 3.8) is 0 Å². The fourth-order valence-electron chi connectivity index (χ4n) is 11.5. The van der Waals surface area contributed by atoms with Crippen LogP contribution in [-0.2, 0) is 65.4 Å². The Morgan fingerprint density at radius 2 is 0.489 bits per heavy atom. The number of hydrogen-bond donors (Lipinski definition) is 3. The van der Waals surface area contributed by atoms with Crippen molar-refractivity contribution >= 4 is 39.5 Å². The minimum absolute atomic E-state index is 0.107. The molecule has 94 heavy (non-hydrogen) atoms. The topological polar surface area (TPSA) is 237 Å². The van der Waals surface area contributed by atoms with E-state index in [0.717, 1.165) is 95.8 Å². The molecule has 3 N–H and O–H groups in total. The molecule has 0 aliphatic carbocycles. The van der Waals surface area contributed by atoms with Crippen LogP contribution in [0.5, 0.6) is 0 Å². The van der Waals surface area contributed by atoms with Crippen molar-refractivity contribution in [3.05, 3.63) is 0 Å². The highest BCUT2D eigenvalue weighted by Crippen LogP contribution is 2.45. The normalized spacial score (nSPS) is 14.0. The average Bonchev–Trinajstić information content (AvgIpc) is 3.75. The summed E-state index contributed by atoms with van der Waals surface area (Å²) in [5, 5.41) is 10.6. The minimum Gasteiger partial charge on any atom is -0.462 e. The standard InChI is InChI=1S/C75H146O17P2/c1-6-9-12-15-18-21-24-25-26-30-35-39-44-49-54-59-73(78)86-65-71(92-75(80)61-56-51-46-41-36-31-28-27-29-34-37-42-47-52-57-68(4)5)67-90-94(83,84)88-63-69(76)62-87-93(81,82)89-66-70(91-74(79)60-55-50-45-40-33-23-20-17-14-11-8-3)64-85-72(77)58-53-48-43-38-32-22-19-16-13-10-7-2/h68-71,76H,6-67H2,1-5H3,(H,81,82)(H,83,84)/t69-,70+,71+/m0/s1. The van der Waals surface area contributed by atoms with E-state index in [-0.39, 0.29) is 25.7 Å². The van der Waals surface area contributed by atoms with Gasteiger partial charge in [0.25, 0.3) is 0 Å².